The molecule has 6 nitrogen and oxygen atoms in total. The second-order valence-electron chi connectivity index (χ2n) is 4.40. The molecule has 1 aliphatic heterocycles. The number of rotatable bonds is 4. The first kappa shape index (κ1) is 17.7. The Balaban J connectivity index is 0.000000321. The number of halogens is 2. The summed E-state index contributed by atoms with van der Waals surface area (Å²) in [7, 11) is -8.85. The minimum absolute atomic E-state index is 1.15. The van der Waals surface area contributed by atoms with Crippen molar-refractivity contribution in [3.63, 3.8) is 0 Å². The van der Waals surface area contributed by atoms with Gasteiger partial charge in [0.05, 0.1) is 26.7 Å². The van der Waals surface area contributed by atoms with Crippen LogP contribution in [0.1, 0.15) is 26.2 Å². The highest BCUT2D eigenvalue weighted by Crippen LogP contribution is 2.16. The fraction of sp³-hybridized carbons (Fsp3) is 1.00. The van der Waals surface area contributed by atoms with Gasteiger partial charge in [0, 0.05) is 12.8 Å². The summed E-state index contributed by atoms with van der Waals surface area (Å²) in [5.41, 5.74) is 0. The highest BCUT2D eigenvalue weighted by molar-refractivity contribution is 8.07. The van der Waals surface area contributed by atoms with Gasteiger partial charge in [0.15, 0.2) is 0 Å². The summed E-state index contributed by atoms with van der Waals surface area (Å²) in [4.78, 5) is 0. The molecule has 0 unspecified atom stereocenters. The third-order valence-electron chi connectivity index (χ3n) is 2.59. The summed E-state index contributed by atoms with van der Waals surface area (Å²) >= 11 is 0. The maximum absolute atomic E-state index is 11.1. The van der Waals surface area contributed by atoms with E-state index in [2.05, 4.69) is 14.0 Å². The lowest BCUT2D eigenvalue weighted by Crippen LogP contribution is -2.41. The molecular weight excluding hydrogens is 290 g/mol. The Morgan fingerprint density at radius 3 is 1.67 bits per heavy atom. The lowest BCUT2D eigenvalue weighted by atomic mass is 10.4. The van der Waals surface area contributed by atoms with Gasteiger partial charge in [0.2, 0.25) is 20.8 Å². The van der Waals surface area contributed by atoms with Crippen LogP contribution in [0.5, 0.6) is 0 Å². The van der Waals surface area contributed by atoms with Crippen molar-refractivity contribution < 1.29 is 29.1 Å². The predicted molar refractivity (Wildman–Crippen MR) is 63.7 cm³/mol. The molecule has 18 heavy (non-hydrogen) atoms. The van der Waals surface area contributed by atoms with Crippen molar-refractivity contribution in [1.82, 2.24) is 0 Å². The summed E-state index contributed by atoms with van der Waals surface area (Å²) in [5, 5.41) is 0. The molecule has 0 spiro atoms. The molecule has 0 atom stereocenters. The van der Waals surface area contributed by atoms with Gasteiger partial charge in [0.25, 0.3) is 0 Å². The Labute approximate surface area is 107 Å². The molecule has 1 heterocycles. The van der Waals surface area contributed by atoms with E-state index in [1.807, 2.05) is 0 Å². The molecule has 1 rings (SSSR count). The van der Waals surface area contributed by atoms with Crippen LogP contribution >= 0.6 is 0 Å². The molecule has 110 valence electrons. The molecule has 0 aromatic heterocycles. The quantitative estimate of drug-likeness (QED) is 0.581. The van der Waals surface area contributed by atoms with Gasteiger partial charge in [-0.15, -0.1) is 7.77 Å². The monoisotopic (exact) mass is 308 g/mol. The van der Waals surface area contributed by atoms with Crippen LogP contribution in [0.25, 0.3) is 4.13 Å². The standard InChI is InChI=1S/C8H18N.F2NO4S2/c1-3-6-9(2)7-4-5-8-9;1-8(4,5)3-9(2,6)7/h3-8H2,1-2H3;/q+1;-1. The number of quaternary nitrogens is 1. The third kappa shape index (κ3) is 9.68. The number of likely N-dealkylation sites (tertiary alicyclic amines) is 1. The SMILES string of the molecule is CCC[N+]1(C)CCCC1.O=S(=O)(F)[N-]S(=O)(=O)F. The molecule has 0 bridgehead atoms. The molecule has 0 aromatic rings. The maximum atomic E-state index is 11.1. The van der Waals surface area contributed by atoms with E-state index in [0.29, 0.717) is 0 Å². The van der Waals surface area contributed by atoms with E-state index in [9.17, 15) is 24.6 Å². The molecule has 1 fully saturated rings. The summed E-state index contributed by atoms with van der Waals surface area (Å²) < 4.78 is 61.4. The van der Waals surface area contributed by atoms with Crippen molar-refractivity contribution in [2.24, 2.45) is 0 Å². The summed E-state index contributed by atoms with van der Waals surface area (Å²) in [6.07, 6.45) is 4.25. The van der Waals surface area contributed by atoms with Crippen LogP contribution in [-0.2, 0) is 20.8 Å². The zero-order valence-electron chi connectivity index (χ0n) is 10.3. The van der Waals surface area contributed by atoms with E-state index in [4.69, 9.17) is 0 Å². The van der Waals surface area contributed by atoms with Gasteiger partial charge in [-0.25, -0.2) is 16.8 Å². The number of nitrogens with zero attached hydrogens (tertiary/aromatic N) is 2. The average molecular weight is 308 g/mol. The van der Waals surface area contributed by atoms with E-state index in [1.165, 1.54) is 43.4 Å². The van der Waals surface area contributed by atoms with Gasteiger partial charge in [0.1, 0.15) is 0 Å². The van der Waals surface area contributed by atoms with Gasteiger partial charge in [-0.2, -0.15) is 0 Å². The van der Waals surface area contributed by atoms with Crippen LogP contribution in [0, 0.1) is 0 Å². The van der Waals surface area contributed by atoms with Gasteiger partial charge in [-0.05, 0) is 6.42 Å². The van der Waals surface area contributed by atoms with E-state index in [0.717, 1.165) is 4.13 Å². The van der Waals surface area contributed by atoms with Crippen molar-refractivity contribution in [2.75, 3.05) is 26.7 Å². The minimum Gasteiger partial charge on any atom is -0.379 e. The number of hydrogen-bond donors (Lipinski definition) is 0. The van der Waals surface area contributed by atoms with E-state index >= 15 is 0 Å². The molecule has 0 aromatic carbocycles. The van der Waals surface area contributed by atoms with Gasteiger partial charge >= 0.3 is 0 Å². The van der Waals surface area contributed by atoms with Crippen LogP contribution in [0.15, 0.2) is 0 Å². The summed E-state index contributed by atoms with van der Waals surface area (Å²) in [5.74, 6) is 0. The molecule has 0 aliphatic carbocycles. The fourth-order valence-electron chi connectivity index (χ4n) is 1.97. The van der Waals surface area contributed by atoms with Gasteiger partial charge < -0.3 is 8.61 Å². The van der Waals surface area contributed by atoms with Crippen molar-refractivity contribution in [2.45, 2.75) is 26.2 Å². The average Bonchev–Trinajstić information content (AvgIpc) is 2.46. The first-order valence-corrected chi connectivity index (χ1v) is 8.12. The van der Waals surface area contributed by atoms with Crippen molar-refractivity contribution >= 4 is 20.8 Å². The summed E-state index contributed by atoms with van der Waals surface area (Å²) in [6, 6.07) is 0. The minimum atomic E-state index is -5.62. The Bertz CT molecular complexity index is 414. The molecule has 0 N–H and O–H groups in total. The van der Waals surface area contributed by atoms with E-state index < -0.39 is 20.8 Å². The highest BCUT2D eigenvalue weighted by atomic mass is 32.3. The topological polar surface area (TPSA) is 82.4 Å². The van der Waals surface area contributed by atoms with Crippen molar-refractivity contribution in [3.05, 3.63) is 4.13 Å². The first-order chi connectivity index (χ1) is 7.97. The van der Waals surface area contributed by atoms with E-state index in [1.54, 1.807) is 0 Å². The fourth-order valence-corrected chi connectivity index (χ4v) is 2.82. The molecule has 10 heteroatoms. The van der Waals surface area contributed by atoms with Crippen LogP contribution in [0.2, 0.25) is 0 Å². The zero-order chi connectivity index (χ0) is 14.4. The maximum Gasteiger partial charge on any atom is 0.241 e. The number of hydrogen-bond acceptors (Lipinski definition) is 4. The molecule has 1 saturated heterocycles. The molecule has 1 aliphatic rings. The van der Waals surface area contributed by atoms with Gasteiger partial charge in [-0.3, -0.25) is 0 Å². The molecule has 0 radical (unpaired) electrons. The lowest BCUT2D eigenvalue weighted by molar-refractivity contribution is -0.897. The smallest absolute Gasteiger partial charge is 0.241 e. The molecular formula is C8H18F2N2O4S2. The molecule has 0 saturated carbocycles. The molecule has 0 amide bonds. The first-order valence-electron chi connectivity index (χ1n) is 5.44. The van der Waals surface area contributed by atoms with Crippen LogP contribution in [-0.4, -0.2) is 48.0 Å². The van der Waals surface area contributed by atoms with E-state index in [-0.39, 0.29) is 0 Å². The normalized spacial score (nSPS) is 19.1. The van der Waals surface area contributed by atoms with Crippen LogP contribution in [0.4, 0.5) is 7.77 Å². The Morgan fingerprint density at radius 1 is 1.06 bits per heavy atom. The second kappa shape index (κ2) is 6.73. The van der Waals surface area contributed by atoms with Crippen LogP contribution in [0.3, 0.4) is 0 Å². The zero-order valence-corrected chi connectivity index (χ0v) is 12.0. The van der Waals surface area contributed by atoms with Crippen molar-refractivity contribution in [3.8, 4) is 0 Å². The Morgan fingerprint density at radius 2 is 1.44 bits per heavy atom. The van der Waals surface area contributed by atoms with Crippen LogP contribution < -0.4 is 0 Å². The largest absolute Gasteiger partial charge is 0.379 e. The van der Waals surface area contributed by atoms with Gasteiger partial charge in [-0.1, -0.05) is 6.92 Å². The predicted octanol–water partition coefficient (Wildman–Crippen LogP) is 1.43. The lowest BCUT2D eigenvalue weighted by Gasteiger charge is -2.28. The van der Waals surface area contributed by atoms with Crippen molar-refractivity contribution in [1.29, 1.82) is 0 Å². The Kier molecular flexibility index (Phi) is 6.61. The highest BCUT2D eigenvalue weighted by Gasteiger charge is 2.24. The second-order valence-corrected chi connectivity index (χ2v) is 6.64. The summed E-state index contributed by atoms with van der Waals surface area (Å²) in [6.45, 7) is 6.52. The third-order valence-corrected chi connectivity index (χ3v) is 4.01. The Hall–Kier alpha value is -0.320.